The lowest BCUT2D eigenvalue weighted by atomic mass is 10.1. The van der Waals surface area contributed by atoms with Crippen molar-refractivity contribution in [3.05, 3.63) is 36.0 Å². The van der Waals surface area contributed by atoms with Crippen molar-refractivity contribution < 1.29 is 13.2 Å². The summed E-state index contributed by atoms with van der Waals surface area (Å²) in [6, 6.07) is 8.71. The Morgan fingerprint density at radius 1 is 1.15 bits per heavy atom. The summed E-state index contributed by atoms with van der Waals surface area (Å²) in [5, 5.41) is 11.0. The first kappa shape index (κ1) is 23.4. The Balaban J connectivity index is 1.69. The van der Waals surface area contributed by atoms with Crippen LogP contribution in [0.5, 0.6) is 5.75 Å². The van der Waals surface area contributed by atoms with Crippen molar-refractivity contribution in [2.24, 2.45) is 0 Å². The fourth-order valence-corrected chi connectivity index (χ4v) is 5.28. The molecule has 0 spiro atoms. The van der Waals surface area contributed by atoms with Gasteiger partial charge in [0.05, 0.1) is 17.8 Å². The number of ether oxygens (including phenoxy) is 1. The van der Waals surface area contributed by atoms with Gasteiger partial charge in [-0.25, -0.2) is 18.4 Å². The van der Waals surface area contributed by atoms with Gasteiger partial charge in [-0.1, -0.05) is 6.92 Å². The number of nitrogens with one attached hydrogen (secondary N) is 2. The molecule has 0 saturated carbocycles. The van der Waals surface area contributed by atoms with Gasteiger partial charge < -0.3 is 15.0 Å². The molecule has 2 N–H and O–H groups in total. The second-order valence-electron chi connectivity index (χ2n) is 7.80. The van der Waals surface area contributed by atoms with Crippen molar-refractivity contribution >= 4 is 39.1 Å². The molecule has 176 valence electrons. The summed E-state index contributed by atoms with van der Waals surface area (Å²) in [6.07, 6.45) is 3.41. The van der Waals surface area contributed by atoms with Gasteiger partial charge in [0.15, 0.2) is 32.4 Å². The lowest BCUT2D eigenvalue weighted by molar-refractivity contribution is 0.409. The molecule has 1 saturated heterocycles. The largest absolute Gasteiger partial charge is 0.490 e. The topological polar surface area (TPSA) is 113 Å². The molecule has 0 atom stereocenters. The molecule has 3 aromatic rings. The third kappa shape index (κ3) is 5.41. The molecule has 0 aliphatic carbocycles. The number of anilines is 3. The fraction of sp³-hybridized carbons (Fsp3) is 0.409. The zero-order valence-electron chi connectivity index (χ0n) is 19.0. The van der Waals surface area contributed by atoms with E-state index in [1.165, 1.54) is 18.2 Å². The number of H-pyrrole nitrogens is 1. The average Bonchev–Trinajstić information content (AvgIpc) is 3.24. The fourth-order valence-electron chi connectivity index (χ4n) is 3.65. The summed E-state index contributed by atoms with van der Waals surface area (Å²) in [7, 11) is -1.62. The minimum Gasteiger partial charge on any atom is -0.490 e. The average molecular weight is 489 g/mol. The summed E-state index contributed by atoms with van der Waals surface area (Å²) in [5.74, 6) is 2.56. The van der Waals surface area contributed by atoms with Crippen molar-refractivity contribution in [2.45, 2.75) is 48.1 Å². The van der Waals surface area contributed by atoms with E-state index in [-0.39, 0.29) is 5.75 Å². The molecule has 1 aromatic carbocycles. The van der Waals surface area contributed by atoms with E-state index < -0.39 is 9.84 Å². The number of aryl methyl sites for hydroxylation is 1. The second-order valence-corrected chi connectivity index (χ2v) is 11.1. The van der Waals surface area contributed by atoms with Crippen molar-refractivity contribution in [3.63, 3.8) is 0 Å². The van der Waals surface area contributed by atoms with E-state index >= 15 is 0 Å². The predicted molar refractivity (Wildman–Crippen MR) is 130 cm³/mol. The number of rotatable bonds is 8. The molecular formula is C22H28N6O3S2. The molecule has 33 heavy (non-hydrogen) atoms. The van der Waals surface area contributed by atoms with E-state index in [9.17, 15) is 8.42 Å². The van der Waals surface area contributed by atoms with Crippen LogP contribution in [0.15, 0.2) is 45.3 Å². The highest BCUT2D eigenvalue weighted by molar-refractivity contribution is 7.99. The summed E-state index contributed by atoms with van der Waals surface area (Å²) in [4.78, 5) is 12.9. The summed E-state index contributed by atoms with van der Waals surface area (Å²) in [6.45, 7) is 5.38. The third-order valence-electron chi connectivity index (χ3n) is 5.41. The molecule has 0 bridgehead atoms. The highest BCUT2D eigenvalue weighted by atomic mass is 32.2. The van der Waals surface area contributed by atoms with Crippen molar-refractivity contribution in [2.75, 3.05) is 36.2 Å². The first-order valence-electron chi connectivity index (χ1n) is 10.9. The standard InChI is InChI=1S/C22H28N6O3S2/c1-4-33(29,30)17-10-8-16(9-11-17)32-22-24-20(23-18-14-15(2)26-27-18)19(31-3)21(25-22)28-12-6-5-7-13-28/h8-11,14H,4-7,12-13H2,1-3H3,(H2,23,24,25,26,27). The van der Waals surface area contributed by atoms with Gasteiger partial charge in [-0.2, -0.15) is 5.10 Å². The Labute approximate surface area is 198 Å². The van der Waals surface area contributed by atoms with E-state index in [1.807, 2.05) is 13.0 Å². The Morgan fingerprint density at radius 3 is 2.48 bits per heavy atom. The second kappa shape index (κ2) is 10.0. The van der Waals surface area contributed by atoms with Crippen molar-refractivity contribution in [1.29, 1.82) is 0 Å². The zero-order chi connectivity index (χ0) is 23.4. The molecule has 0 amide bonds. The van der Waals surface area contributed by atoms with E-state index in [1.54, 1.807) is 38.3 Å². The number of methoxy groups -OCH3 is 1. The van der Waals surface area contributed by atoms with Crippen LogP contribution in [0.1, 0.15) is 31.9 Å². The van der Waals surface area contributed by atoms with Gasteiger partial charge in [0.25, 0.3) is 0 Å². The quantitative estimate of drug-likeness (QED) is 0.450. The smallest absolute Gasteiger partial charge is 0.204 e. The van der Waals surface area contributed by atoms with E-state index in [2.05, 4.69) is 20.4 Å². The molecule has 1 aliphatic rings. The van der Waals surface area contributed by atoms with Crippen molar-refractivity contribution in [3.8, 4) is 5.75 Å². The van der Waals surface area contributed by atoms with Gasteiger partial charge >= 0.3 is 0 Å². The van der Waals surface area contributed by atoms with Crippen LogP contribution in [0, 0.1) is 6.92 Å². The summed E-state index contributed by atoms with van der Waals surface area (Å²) >= 11 is 1.37. The molecule has 9 nitrogen and oxygen atoms in total. The van der Waals surface area contributed by atoms with Gasteiger partial charge in [-0.3, -0.25) is 5.10 Å². The lowest BCUT2D eigenvalue weighted by Gasteiger charge is -2.29. The predicted octanol–water partition coefficient (Wildman–Crippen LogP) is 4.20. The third-order valence-corrected chi connectivity index (χ3v) is 8.03. The number of hydrogen-bond donors (Lipinski definition) is 2. The number of aromatic amines is 1. The van der Waals surface area contributed by atoms with Gasteiger partial charge in [0, 0.05) is 29.7 Å². The van der Waals surface area contributed by atoms with Gasteiger partial charge in [0.1, 0.15) is 0 Å². The van der Waals surface area contributed by atoms with E-state index in [0.29, 0.717) is 27.4 Å². The summed E-state index contributed by atoms with van der Waals surface area (Å²) < 4.78 is 30.0. The molecular weight excluding hydrogens is 460 g/mol. The van der Waals surface area contributed by atoms with Crippen LogP contribution < -0.4 is 15.0 Å². The Kier molecular flexibility index (Phi) is 7.08. The molecule has 1 fully saturated rings. The van der Waals surface area contributed by atoms with E-state index in [0.717, 1.165) is 42.3 Å². The molecule has 11 heteroatoms. The molecule has 1 aliphatic heterocycles. The van der Waals surface area contributed by atoms with Gasteiger partial charge in [-0.05, 0) is 62.2 Å². The normalized spacial score (nSPS) is 14.3. The minimum absolute atomic E-state index is 0.0714. The van der Waals surface area contributed by atoms with Gasteiger partial charge in [-0.15, -0.1) is 0 Å². The van der Waals surface area contributed by atoms with Crippen molar-refractivity contribution in [1.82, 2.24) is 20.2 Å². The maximum atomic E-state index is 12.1. The van der Waals surface area contributed by atoms with Crippen LogP contribution in [0.2, 0.25) is 0 Å². The first-order chi connectivity index (χ1) is 15.9. The first-order valence-corrected chi connectivity index (χ1v) is 13.4. The minimum atomic E-state index is -3.24. The Morgan fingerprint density at radius 2 is 1.88 bits per heavy atom. The highest BCUT2D eigenvalue weighted by Crippen LogP contribution is 2.39. The summed E-state index contributed by atoms with van der Waals surface area (Å²) in [5.41, 5.74) is 0.929. The SMILES string of the molecule is CCS(=O)(=O)c1ccc(Sc2nc(Nc3cc(C)[nH]n3)c(OC)c(N3CCCCC3)n2)cc1. The molecule has 2 aromatic heterocycles. The van der Waals surface area contributed by atoms with Crippen LogP contribution in [-0.2, 0) is 9.84 Å². The molecule has 3 heterocycles. The van der Waals surface area contributed by atoms with Crippen LogP contribution in [-0.4, -0.2) is 54.5 Å². The van der Waals surface area contributed by atoms with Crippen LogP contribution in [0.4, 0.5) is 17.5 Å². The van der Waals surface area contributed by atoms with Crippen LogP contribution in [0.3, 0.4) is 0 Å². The molecule has 0 radical (unpaired) electrons. The Bertz CT molecular complexity index is 1210. The maximum Gasteiger partial charge on any atom is 0.204 e. The molecule has 0 unspecified atom stereocenters. The number of piperidine rings is 1. The number of sulfone groups is 1. The van der Waals surface area contributed by atoms with Crippen LogP contribution in [0.25, 0.3) is 0 Å². The number of nitrogens with zero attached hydrogens (tertiary/aromatic N) is 4. The van der Waals surface area contributed by atoms with E-state index in [4.69, 9.17) is 14.7 Å². The Hall–Kier alpha value is -2.79. The molecule has 4 rings (SSSR count). The highest BCUT2D eigenvalue weighted by Gasteiger charge is 2.23. The zero-order valence-corrected chi connectivity index (χ0v) is 20.6. The number of benzene rings is 1. The monoisotopic (exact) mass is 488 g/mol. The van der Waals surface area contributed by atoms with Gasteiger partial charge in [0.2, 0.25) is 5.75 Å². The number of hydrogen-bond acceptors (Lipinski definition) is 9. The van der Waals surface area contributed by atoms with Crippen LogP contribution >= 0.6 is 11.8 Å². The lowest BCUT2D eigenvalue weighted by Crippen LogP contribution is -2.31. The maximum absolute atomic E-state index is 12.1. The number of aromatic nitrogens is 4.